The molecule has 0 spiro atoms. The Morgan fingerprint density at radius 3 is 2.36 bits per heavy atom. The van der Waals surface area contributed by atoms with Crippen LogP contribution >= 0.6 is 0 Å². The predicted molar refractivity (Wildman–Crippen MR) is 52.1 cm³/mol. The van der Waals surface area contributed by atoms with Crippen molar-refractivity contribution in [2.75, 3.05) is 6.54 Å². The molecule has 0 atom stereocenters. The van der Waals surface area contributed by atoms with Crippen molar-refractivity contribution in [2.45, 2.75) is 20.3 Å². The maximum absolute atomic E-state index is 10.9. The first-order valence-corrected chi connectivity index (χ1v) is 4.35. The Bertz CT molecular complexity index is 211. The normalized spacial score (nSPS) is 9.93. The zero-order valence-corrected chi connectivity index (χ0v) is 8.36. The first-order valence-electron chi connectivity index (χ1n) is 4.35. The molecule has 0 radical (unpaired) electrons. The van der Waals surface area contributed by atoms with Gasteiger partial charge in [0.25, 0.3) is 5.97 Å². The fourth-order valence-electron chi connectivity index (χ4n) is 0.650. The molecule has 0 aliphatic rings. The summed E-state index contributed by atoms with van der Waals surface area (Å²) in [6.45, 7) is 3.14. The first kappa shape index (κ1) is 12.7. The second kappa shape index (κ2) is 7.14. The summed E-state index contributed by atoms with van der Waals surface area (Å²) in [7, 11) is -0.969. The van der Waals surface area contributed by atoms with Gasteiger partial charge in [-0.2, -0.15) is 0 Å². The second-order valence-corrected chi connectivity index (χ2v) is 2.43. The highest BCUT2D eigenvalue weighted by molar-refractivity contribution is 6.54. The fraction of sp³-hybridized carbons (Fsp3) is 0.500. The highest BCUT2D eigenvalue weighted by atomic mass is 16.6. The summed E-state index contributed by atoms with van der Waals surface area (Å²) in [6.07, 6.45) is 1.85. The van der Waals surface area contributed by atoms with Crippen LogP contribution in [0.4, 0.5) is 0 Å². The summed E-state index contributed by atoms with van der Waals surface area (Å²) in [5, 5.41) is 0. The predicted octanol–water partition coefficient (Wildman–Crippen LogP) is 0.0450. The molecule has 0 aromatic rings. The van der Waals surface area contributed by atoms with Crippen LogP contribution in [0, 0.1) is 0 Å². The molecule has 0 heterocycles. The van der Waals surface area contributed by atoms with Crippen LogP contribution in [-0.2, 0) is 18.9 Å². The lowest BCUT2D eigenvalue weighted by atomic mass is 9.89. The number of carbonyl (C=O) groups excluding carboxylic acids is 2. The Labute approximate surface area is 83.4 Å². The van der Waals surface area contributed by atoms with Crippen molar-refractivity contribution in [1.29, 1.82) is 0 Å². The lowest BCUT2D eigenvalue weighted by Gasteiger charge is -2.09. The molecule has 14 heavy (non-hydrogen) atoms. The number of hydrogen-bond donors (Lipinski definition) is 1. The summed E-state index contributed by atoms with van der Waals surface area (Å²) in [5.41, 5.74) is 5.04. The monoisotopic (exact) mass is 199 g/mol. The highest BCUT2D eigenvalue weighted by Gasteiger charge is 2.23. The summed E-state index contributed by atoms with van der Waals surface area (Å²) in [5.74, 6) is 0.413. The van der Waals surface area contributed by atoms with Crippen molar-refractivity contribution in [3.8, 4) is 0 Å². The van der Waals surface area contributed by atoms with Gasteiger partial charge in [0.15, 0.2) is 0 Å². The van der Waals surface area contributed by atoms with Gasteiger partial charge in [0.2, 0.25) is 0 Å². The first-order chi connectivity index (χ1) is 6.63. The van der Waals surface area contributed by atoms with E-state index in [0.717, 1.165) is 0 Å². The lowest BCUT2D eigenvalue weighted by Crippen LogP contribution is -2.30. The van der Waals surface area contributed by atoms with E-state index in [1.54, 1.807) is 19.9 Å². The smallest absolute Gasteiger partial charge is 0.496 e. The van der Waals surface area contributed by atoms with E-state index in [-0.39, 0.29) is 13.0 Å². The molecule has 0 fully saturated rings. The van der Waals surface area contributed by atoms with Gasteiger partial charge in [0.05, 0.1) is 6.54 Å². The second-order valence-electron chi connectivity index (χ2n) is 2.43. The van der Waals surface area contributed by atoms with Crippen LogP contribution in [0.1, 0.15) is 20.3 Å². The minimum atomic E-state index is -0.969. The molecule has 5 nitrogen and oxygen atoms in total. The average Bonchev–Trinajstić information content (AvgIpc) is 2.17. The van der Waals surface area contributed by atoms with E-state index in [2.05, 4.69) is 0 Å². The molecular weight excluding hydrogens is 185 g/mol. The number of hydrogen-bond acceptors (Lipinski definition) is 5. The van der Waals surface area contributed by atoms with Gasteiger partial charge >= 0.3 is 13.1 Å². The van der Waals surface area contributed by atoms with E-state index >= 15 is 0 Å². The van der Waals surface area contributed by atoms with Gasteiger partial charge in [-0.15, -0.1) is 0 Å². The van der Waals surface area contributed by atoms with Crippen LogP contribution in [-0.4, -0.2) is 25.6 Å². The van der Waals surface area contributed by atoms with E-state index in [0.29, 0.717) is 0 Å². The van der Waals surface area contributed by atoms with E-state index < -0.39 is 19.1 Å². The maximum atomic E-state index is 10.9. The van der Waals surface area contributed by atoms with Crippen molar-refractivity contribution in [3.63, 3.8) is 0 Å². The molecule has 6 heteroatoms. The zero-order valence-electron chi connectivity index (χ0n) is 8.36. The number of carbonyl (C=O) groups is 2. The van der Waals surface area contributed by atoms with Gasteiger partial charge in [-0.05, 0) is 12.9 Å². The number of allylic oxidation sites excluding steroid dienone is 1. The molecule has 0 aromatic heterocycles. The molecule has 0 bridgehead atoms. The van der Waals surface area contributed by atoms with Crippen molar-refractivity contribution in [2.24, 2.45) is 5.73 Å². The molecule has 0 rings (SSSR count). The number of rotatable bonds is 5. The van der Waals surface area contributed by atoms with Crippen LogP contribution in [0.5, 0.6) is 0 Å². The summed E-state index contributed by atoms with van der Waals surface area (Å²) in [4.78, 5) is 21.7. The molecule has 0 unspecified atom stereocenters. The Kier molecular flexibility index (Phi) is 6.48. The van der Waals surface area contributed by atoms with Crippen LogP contribution in [0.3, 0.4) is 0 Å². The maximum Gasteiger partial charge on any atom is 0.628 e. The van der Waals surface area contributed by atoms with Gasteiger partial charge in [-0.3, -0.25) is 9.59 Å². The molecule has 0 amide bonds. The van der Waals surface area contributed by atoms with Gasteiger partial charge in [-0.1, -0.05) is 13.0 Å². The van der Waals surface area contributed by atoms with Crippen LogP contribution in [0.25, 0.3) is 0 Å². The van der Waals surface area contributed by atoms with Crippen molar-refractivity contribution in [1.82, 2.24) is 0 Å². The Balaban J connectivity index is 4.15. The third-order valence-corrected chi connectivity index (χ3v) is 1.30. The average molecular weight is 199 g/mol. The van der Waals surface area contributed by atoms with Gasteiger partial charge < -0.3 is 15.0 Å². The molecule has 0 saturated carbocycles. The van der Waals surface area contributed by atoms with E-state index in [9.17, 15) is 9.59 Å². The minimum absolute atomic E-state index is 0.230. The standard InChI is InChI=1S/C8H14BNO4/c1-3-5-9(13-7(11)4-2)14-8(12)6-10/h3,5H,4,6,10H2,1-2H3/b5-3+. The molecule has 0 aromatic carbocycles. The molecule has 0 aliphatic carbocycles. The Morgan fingerprint density at radius 2 is 1.93 bits per heavy atom. The van der Waals surface area contributed by atoms with Crippen molar-refractivity contribution in [3.05, 3.63) is 12.1 Å². The van der Waals surface area contributed by atoms with Crippen LogP contribution < -0.4 is 5.73 Å². The Hall–Kier alpha value is -1.30. The number of nitrogens with two attached hydrogens (primary N) is 1. The lowest BCUT2D eigenvalue weighted by molar-refractivity contribution is -0.138. The largest absolute Gasteiger partial charge is 0.628 e. The third kappa shape index (κ3) is 5.37. The highest BCUT2D eigenvalue weighted by Crippen LogP contribution is 1.96. The van der Waals surface area contributed by atoms with Crippen LogP contribution in [0.15, 0.2) is 12.1 Å². The topological polar surface area (TPSA) is 78.6 Å². The molecular formula is C8H14BNO4. The fourth-order valence-corrected chi connectivity index (χ4v) is 0.650. The van der Waals surface area contributed by atoms with Gasteiger partial charge in [0.1, 0.15) is 0 Å². The Morgan fingerprint density at radius 1 is 1.36 bits per heavy atom. The SMILES string of the molecule is C/C=C/B(OC(=O)CC)OC(=O)CN. The quantitative estimate of drug-likeness (QED) is 0.632. The minimum Gasteiger partial charge on any atom is -0.496 e. The van der Waals surface area contributed by atoms with Crippen molar-refractivity contribution < 1.29 is 18.9 Å². The van der Waals surface area contributed by atoms with Gasteiger partial charge in [0, 0.05) is 6.42 Å². The van der Waals surface area contributed by atoms with Gasteiger partial charge in [-0.25, -0.2) is 0 Å². The zero-order chi connectivity index (χ0) is 11.0. The van der Waals surface area contributed by atoms with Crippen LogP contribution in [0.2, 0.25) is 0 Å². The third-order valence-electron chi connectivity index (χ3n) is 1.30. The molecule has 78 valence electrons. The summed E-state index contributed by atoms with van der Waals surface area (Å²) < 4.78 is 9.51. The molecule has 0 saturated heterocycles. The van der Waals surface area contributed by atoms with E-state index in [1.807, 2.05) is 0 Å². The van der Waals surface area contributed by atoms with Crippen molar-refractivity contribution >= 4 is 19.1 Å². The summed E-state index contributed by atoms with van der Waals surface area (Å²) >= 11 is 0. The summed E-state index contributed by atoms with van der Waals surface area (Å²) in [6, 6.07) is 0. The molecule has 0 aliphatic heterocycles. The van der Waals surface area contributed by atoms with E-state index in [4.69, 9.17) is 15.0 Å². The molecule has 2 N–H and O–H groups in total. The van der Waals surface area contributed by atoms with E-state index in [1.165, 1.54) is 5.98 Å².